The lowest BCUT2D eigenvalue weighted by molar-refractivity contribution is -0.113. The Labute approximate surface area is 129 Å². The lowest BCUT2D eigenvalue weighted by Gasteiger charge is -2.07. The minimum Gasteiger partial charge on any atom is -0.294 e. The first-order valence-electron chi connectivity index (χ1n) is 6.68. The van der Waals surface area contributed by atoms with Crippen LogP contribution in [0.15, 0.2) is 35.2 Å². The van der Waals surface area contributed by atoms with E-state index in [-0.39, 0.29) is 10.8 Å². The van der Waals surface area contributed by atoms with Gasteiger partial charge < -0.3 is 0 Å². The zero-order valence-electron chi connectivity index (χ0n) is 12.6. The Bertz CT molecular complexity index is 779. The molecule has 0 fully saturated rings. The highest BCUT2D eigenvalue weighted by atomic mass is 32.2. The van der Waals surface area contributed by atoms with Crippen LogP contribution in [0.2, 0.25) is 0 Å². The fourth-order valence-electron chi connectivity index (χ4n) is 1.94. The van der Waals surface area contributed by atoms with Crippen LogP contribution in [0.4, 0.5) is 5.95 Å². The molecule has 6 nitrogen and oxygen atoms in total. The number of carbonyl (C=O) groups excluding carboxylic acids is 1. The molecule has 7 heteroatoms. The minimum absolute atomic E-state index is 0.113. The van der Waals surface area contributed by atoms with E-state index in [4.69, 9.17) is 0 Å². The van der Waals surface area contributed by atoms with E-state index < -0.39 is 21.5 Å². The highest BCUT2D eigenvalue weighted by Gasteiger charge is 2.20. The molecule has 116 valence electrons. The molecule has 2 aromatic rings. The summed E-state index contributed by atoms with van der Waals surface area (Å²) < 4.78 is 24.4. The van der Waals surface area contributed by atoms with Crippen LogP contribution in [0.1, 0.15) is 17.0 Å². The first kappa shape index (κ1) is 16.1. The van der Waals surface area contributed by atoms with E-state index in [1.807, 2.05) is 6.92 Å². The molecule has 0 aliphatic rings. The molecule has 1 amide bonds. The summed E-state index contributed by atoms with van der Waals surface area (Å²) in [5.74, 6) is -1.20. The molecule has 22 heavy (non-hydrogen) atoms. The predicted octanol–water partition coefficient (Wildman–Crippen LogP) is 1.81. The Balaban J connectivity index is 2.12. The number of benzene rings is 1. The van der Waals surface area contributed by atoms with E-state index in [2.05, 4.69) is 15.3 Å². The number of hydrogen-bond acceptors (Lipinski definition) is 5. The van der Waals surface area contributed by atoms with Crippen molar-refractivity contribution in [2.75, 3.05) is 11.1 Å². The fourth-order valence-corrected chi connectivity index (χ4v) is 3.08. The van der Waals surface area contributed by atoms with Crippen LogP contribution < -0.4 is 5.32 Å². The number of hydrogen-bond donors (Lipinski definition) is 1. The average molecular weight is 319 g/mol. The predicted molar refractivity (Wildman–Crippen MR) is 83.4 cm³/mol. The van der Waals surface area contributed by atoms with Gasteiger partial charge in [0.2, 0.25) is 11.9 Å². The number of amides is 1. The van der Waals surface area contributed by atoms with Crippen molar-refractivity contribution in [2.24, 2.45) is 0 Å². The first-order valence-corrected chi connectivity index (χ1v) is 8.33. The molecular formula is C15H17N3O3S. The van der Waals surface area contributed by atoms with Crippen molar-refractivity contribution < 1.29 is 13.2 Å². The SMILES string of the molecule is Cc1ccc(S(=O)(=O)CC(=O)Nc2nc(C)cc(C)n2)cc1. The number of aromatic nitrogens is 2. The summed E-state index contributed by atoms with van der Waals surface area (Å²) in [6, 6.07) is 8.13. The lowest BCUT2D eigenvalue weighted by atomic mass is 10.2. The van der Waals surface area contributed by atoms with E-state index in [1.165, 1.54) is 12.1 Å². The molecule has 0 aliphatic carbocycles. The molecule has 0 saturated heterocycles. The molecular weight excluding hydrogens is 302 g/mol. The van der Waals surface area contributed by atoms with E-state index in [0.29, 0.717) is 11.4 Å². The topological polar surface area (TPSA) is 89.0 Å². The van der Waals surface area contributed by atoms with Crippen LogP contribution in [0.3, 0.4) is 0 Å². The van der Waals surface area contributed by atoms with Gasteiger partial charge in [0.25, 0.3) is 0 Å². The Kier molecular flexibility index (Phi) is 4.56. The van der Waals surface area contributed by atoms with Crippen LogP contribution in [0.5, 0.6) is 0 Å². The third-order valence-corrected chi connectivity index (χ3v) is 4.57. The van der Waals surface area contributed by atoms with Gasteiger partial charge in [0, 0.05) is 11.4 Å². The number of sulfone groups is 1. The maximum atomic E-state index is 12.2. The van der Waals surface area contributed by atoms with Crippen LogP contribution in [0.25, 0.3) is 0 Å². The molecule has 1 aromatic heterocycles. The molecule has 1 heterocycles. The van der Waals surface area contributed by atoms with Gasteiger partial charge >= 0.3 is 0 Å². The Morgan fingerprint density at radius 3 is 2.14 bits per heavy atom. The molecule has 0 atom stereocenters. The van der Waals surface area contributed by atoms with Crippen molar-refractivity contribution >= 4 is 21.7 Å². The number of aryl methyl sites for hydroxylation is 3. The van der Waals surface area contributed by atoms with Crippen molar-refractivity contribution in [1.29, 1.82) is 0 Å². The lowest BCUT2D eigenvalue weighted by Crippen LogP contribution is -2.24. The van der Waals surface area contributed by atoms with E-state index in [0.717, 1.165) is 5.56 Å². The zero-order chi connectivity index (χ0) is 16.3. The zero-order valence-corrected chi connectivity index (χ0v) is 13.4. The van der Waals surface area contributed by atoms with Gasteiger partial charge in [-0.1, -0.05) is 17.7 Å². The van der Waals surface area contributed by atoms with Crippen molar-refractivity contribution in [2.45, 2.75) is 25.7 Å². The van der Waals surface area contributed by atoms with Gasteiger partial charge in [-0.15, -0.1) is 0 Å². The summed E-state index contributed by atoms with van der Waals surface area (Å²) in [4.78, 5) is 20.1. The second kappa shape index (κ2) is 6.23. The highest BCUT2D eigenvalue weighted by molar-refractivity contribution is 7.92. The highest BCUT2D eigenvalue weighted by Crippen LogP contribution is 2.12. The summed E-state index contributed by atoms with van der Waals surface area (Å²) in [5.41, 5.74) is 2.35. The third kappa shape index (κ3) is 4.11. The quantitative estimate of drug-likeness (QED) is 0.928. The summed E-state index contributed by atoms with van der Waals surface area (Å²) >= 11 is 0. The number of anilines is 1. The normalized spacial score (nSPS) is 11.2. The van der Waals surface area contributed by atoms with Crippen molar-refractivity contribution in [3.05, 3.63) is 47.3 Å². The molecule has 1 N–H and O–H groups in total. The van der Waals surface area contributed by atoms with E-state index in [1.54, 1.807) is 32.0 Å². The van der Waals surface area contributed by atoms with Crippen LogP contribution in [-0.2, 0) is 14.6 Å². The van der Waals surface area contributed by atoms with Gasteiger partial charge in [-0.25, -0.2) is 18.4 Å². The minimum atomic E-state index is -3.68. The summed E-state index contributed by atoms with van der Waals surface area (Å²) in [7, 11) is -3.68. The maximum Gasteiger partial charge on any atom is 0.242 e. The van der Waals surface area contributed by atoms with Gasteiger partial charge in [0.15, 0.2) is 9.84 Å². The molecule has 0 aliphatic heterocycles. The average Bonchev–Trinajstić information content (AvgIpc) is 2.36. The molecule has 0 saturated carbocycles. The van der Waals surface area contributed by atoms with E-state index in [9.17, 15) is 13.2 Å². The smallest absolute Gasteiger partial charge is 0.242 e. The largest absolute Gasteiger partial charge is 0.294 e. The second-order valence-electron chi connectivity index (χ2n) is 5.09. The van der Waals surface area contributed by atoms with Crippen LogP contribution in [0, 0.1) is 20.8 Å². The van der Waals surface area contributed by atoms with Crippen LogP contribution in [-0.4, -0.2) is 30.0 Å². The number of nitrogens with zero attached hydrogens (tertiary/aromatic N) is 2. The molecule has 0 spiro atoms. The Hall–Kier alpha value is -2.28. The van der Waals surface area contributed by atoms with Gasteiger partial charge in [-0.2, -0.15) is 0 Å². The van der Waals surface area contributed by atoms with Crippen molar-refractivity contribution in [1.82, 2.24) is 9.97 Å². The van der Waals surface area contributed by atoms with Gasteiger partial charge in [0.1, 0.15) is 5.75 Å². The molecule has 2 rings (SSSR count). The summed E-state index contributed by atoms with van der Waals surface area (Å²) in [6.45, 7) is 5.40. The number of carbonyl (C=O) groups is 1. The van der Waals surface area contributed by atoms with Gasteiger partial charge in [0.05, 0.1) is 4.90 Å². The van der Waals surface area contributed by atoms with Crippen molar-refractivity contribution in [3.8, 4) is 0 Å². The van der Waals surface area contributed by atoms with Gasteiger partial charge in [-0.05, 0) is 39.0 Å². The molecule has 0 bridgehead atoms. The van der Waals surface area contributed by atoms with E-state index >= 15 is 0 Å². The van der Waals surface area contributed by atoms with Crippen molar-refractivity contribution in [3.63, 3.8) is 0 Å². The van der Waals surface area contributed by atoms with Crippen LogP contribution >= 0.6 is 0 Å². The summed E-state index contributed by atoms with van der Waals surface area (Å²) in [5, 5.41) is 2.42. The number of rotatable bonds is 4. The molecule has 0 unspecified atom stereocenters. The third-order valence-electron chi connectivity index (χ3n) is 2.93. The molecule has 1 aromatic carbocycles. The molecule has 0 radical (unpaired) electrons. The Morgan fingerprint density at radius 2 is 1.59 bits per heavy atom. The number of nitrogens with one attached hydrogen (secondary N) is 1. The second-order valence-corrected chi connectivity index (χ2v) is 7.08. The monoisotopic (exact) mass is 319 g/mol. The fraction of sp³-hybridized carbons (Fsp3) is 0.267. The van der Waals surface area contributed by atoms with Gasteiger partial charge in [-0.3, -0.25) is 10.1 Å². The first-order chi connectivity index (χ1) is 10.3. The standard InChI is InChI=1S/C15H17N3O3S/c1-10-4-6-13(7-5-10)22(20,21)9-14(19)18-15-16-11(2)8-12(3)17-15/h4-8H,9H2,1-3H3,(H,16,17,18,19). The summed E-state index contributed by atoms with van der Waals surface area (Å²) in [6.07, 6.45) is 0. The maximum absolute atomic E-state index is 12.2. The Morgan fingerprint density at radius 1 is 1.05 bits per heavy atom.